The Bertz CT molecular complexity index is 999. The zero-order chi connectivity index (χ0) is 22.3. The zero-order valence-electron chi connectivity index (χ0n) is 18.9. The summed E-state index contributed by atoms with van der Waals surface area (Å²) in [5.41, 5.74) is 3.38. The molecule has 1 aliphatic rings. The number of hydrogen-bond donors (Lipinski definition) is 0. The van der Waals surface area contributed by atoms with Crippen molar-refractivity contribution in [3.05, 3.63) is 90.0 Å². The number of hydrogen-bond acceptors (Lipinski definition) is 3. The second-order valence-electron chi connectivity index (χ2n) is 8.25. The Hall–Kier alpha value is -3.27. The van der Waals surface area contributed by atoms with Crippen molar-refractivity contribution in [3.8, 4) is 11.5 Å². The van der Waals surface area contributed by atoms with Gasteiger partial charge in [0.05, 0.1) is 25.7 Å². The van der Waals surface area contributed by atoms with Gasteiger partial charge in [0.2, 0.25) is 5.91 Å². The maximum Gasteiger partial charge on any atom is 0.233 e. The standard InChI is InChI=1S/C28H31NO3/c1-3-20-32-25-16-12-22(13-17-25)27-26(11-7-10-21-8-5-4-6-9-21)28(30)29(27)23-14-18-24(31-2)19-15-23/h4-6,8-9,12-19,26-27H,3,7,10-11,20H2,1-2H3/t26-,27+/m0/s1. The Balaban J connectivity index is 1.52. The molecule has 1 aliphatic heterocycles. The number of nitrogens with zero attached hydrogens (tertiary/aromatic N) is 1. The van der Waals surface area contributed by atoms with Crippen molar-refractivity contribution in [3.63, 3.8) is 0 Å². The first kappa shape index (κ1) is 21.9. The Kier molecular flexibility index (Phi) is 7.10. The van der Waals surface area contributed by atoms with Gasteiger partial charge in [-0.05, 0) is 73.2 Å². The maximum absolute atomic E-state index is 13.2. The summed E-state index contributed by atoms with van der Waals surface area (Å²) in [7, 11) is 1.65. The molecule has 4 rings (SSSR count). The van der Waals surface area contributed by atoms with E-state index in [0.717, 1.165) is 48.4 Å². The molecule has 32 heavy (non-hydrogen) atoms. The molecule has 4 heteroatoms. The lowest BCUT2D eigenvalue weighted by atomic mass is 9.78. The highest BCUT2D eigenvalue weighted by Crippen LogP contribution is 2.46. The molecule has 0 spiro atoms. The molecule has 0 aromatic heterocycles. The normalized spacial score (nSPS) is 17.7. The molecule has 1 fully saturated rings. The van der Waals surface area contributed by atoms with E-state index in [1.54, 1.807) is 7.11 Å². The fourth-order valence-electron chi connectivity index (χ4n) is 4.39. The van der Waals surface area contributed by atoms with Crippen molar-refractivity contribution in [1.29, 1.82) is 0 Å². The van der Waals surface area contributed by atoms with Gasteiger partial charge in [-0.15, -0.1) is 0 Å². The Morgan fingerprint density at radius 1 is 0.875 bits per heavy atom. The van der Waals surface area contributed by atoms with Crippen LogP contribution in [0.15, 0.2) is 78.9 Å². The predicted octanol–water partition coefficient (Wildman–Crippen LogP) is 6.21. The maximum atomic E-state index is 13.2. The van der Waals surface area contributed by atoms with Crippen molar-refractivity contribution in [2.75, 3.05) is 18.6 Å². The van der Waals surface area contributed by atoms with E-state index in [1.165, 1.54) is 5.56 Å². The molecule has 0 N–H and O–H groups in total. The zero-order valence-corrected chi connectivity index (χ0v) is 18.9. The van der Waals surface area contributed by atoms with Gasteiger partial charge in [-0.1, -0.05) is 49.4 Å². The van der Waals surface area contributed by atoms with E-state index in [-0.39, 0.29) is 17.9 Å². The molecule has 2 atom stereocenters. The topological polar surface area (TPSA) is 38.8 Å². The molecule has 0 saturated carbocycles. The van der Waals surface area contributed by atoms with Gasteiger partial charge in [0.1, 0.15) is 11.5 Å². The lowest BCUT2D eigenvalue weighted by Crippen LogP contribution is -2.55. The monoisotopic (exact) mass is 429 g/mol. The summed E-state index contributed by atoms with van der Waals surface area (Å²) in [6.07, 6.45) is 3.83. The molecule has 3 aromatic carbocycles. The van der Waals surface area contributed by atoms with Crippen LogP contribution in [0.5, 0.6) is 11.5 Å². The summed E-state index contributed by atoms with van der Waals surface area (Å²) in [5, 5.41) is 0. The molecular formula is C28H31NO3. The average Bonchev–Trinajstić information content (AvgIpc) is 2.85. The lowest BCUT2D eigenvalue weighted by Gasteiger charge is -2.47. The molecule has 3 aromatic rings. The highest BCUT2D eigenvalue weighted by Gasteiger charge is 2.48. The number of carbonyl (C=O) groups excluding carboxylic acids is 1. The molecule has 1 amide bonds. The summed E-state index contributed by atoms with van der Waals surface area (Å²) in [5.74, 6) is 1.84. The van der Waals surface area contributed by atoms with Crippen LogP contribution in [0, 0.1) is 5.92 Å². The second-order valence-corrected chi connectivity index (χ2v) is 8.25. The van der Waals surface area contributed by atoms with E-state index >= 15 is 0 Å². The van der Waals surface area contributed by atoms with Gasteiger partial charge < -0.3 is 14.4 Å². The summed E-state index contributed by atoms with van der Waals surface area (Å²) in [4.78, 5) is 15.1. The highest BCUT2D eigenvalue weighted by molar-refractivity contribution is 6.03. The first-order valence-electron chi connectivity index (χ1n) is 11.4. The van der Waals surface area contributed by atoms with Gasteiger partial charge >= 0.3 is 0 Å². The highest BCUT2D eigenvalue weighted by atomic mass is 16.5. The first-order chi connectivity index (χ1) is 15.7. The minimum Gasteiger partial charge on any atom is -0.497 e. The van der Waals surface area contributed by atoms with Gasteiger partial charge in [0.25, 0.3) is 0 Å². The van der Waals surface area contributed by atoms with Crippen LogP contribution in [0.1, 0.15) is 43.4 Å². The fourth-order valence-corrected chi connectivity index (χ4v) is 4.39. The van der Waals surface area contributed by atoms with Crippen molar-refractivity contribution < 1.29 is 14.3 Å². The minimum absolute atomic E-state index is 0.0109. The molecule has 0 bridgehead atoms. The fraction of sp³-hybridized carbons (Fsp3) is 0.321. The van der Waals surface area contributed by atoms with Crippen molar-refractivity contribution in [1.82, 2.24) is 0 Å². The van der Waals surface area contributed by atoms with Gasteiger partial charge in [-0.3, -0.25) is 4.79 Å². The molecule has 1 heterocycles. The third kappa shape index (κ3) is 4.80. The molecule has 166 valence electrons. The van der Waals surface area contributed by atoms with Crippen molar-refractivity contribution >= 4 is 11.6 Å². The molecular weight excluding hydrogens is 398 g/mol. The Morgan fingerprint density at radius 2 is 1.56 bits per heavy atom. The summed E-state index contributed by atoms with van der Waals surface area (Å²) in [6.45, 7) is 2.81. The van der Waals surface area contributed by atoms with E-state index in [0.29, 0.717) is 6.61 Å². The van der Waals surface area contributed by atoms with Crippen molar-refractivity contribution in [2.45, 2.75) is 38.6 Å². The van der Waals surface area contributed by atoms with E-state index in [9.17, 15) is 4.79 Å². The number of β-lactam (4-membered cyclic amide) rings is 1. The number of amides is 1. The molecule has 1 saturated heterocycles. The molecule has 0 unspecified atom stereocenters. The minimum atomic E-state index is -0.0109. The van der Waals surface area contributed by atoms with Gasteiger partial charge in [-0.2, -0.15) is 0 Å². The van der Waals surface area contributed by atoms with Crippen LogP contribution < -0.4 is 14.4 Å². The molecule has 4 nitrogen and oxygen atoms in total. The smallest absolute Gasteiger partial charge is 0.233 e. The number of aryl methyl sites for hydroxylation is 1. The Labute approximate surface area is 190 Å². The van der Waals surface area contributed by atoms with Gasteiger partial charge in [-0.25, -0.2) is 0 Å². The van der Waals surface area contributed by atoms with Gasteiger partial charge in [0.15, 0.2) is 0 Å². The number of rotatable bonds is 10. The lowest BCUT2D eigenvalue weighted by molar-refractivity contribution is -0.130. The largest absolute Gasteiger partial charge is 0.497 e. The molecule has 0 radical (unpaired) electrons. The summed E-state index contributed by atoms with van der Waals surface area (Å²) < 4.78 is 11.0. The number of carbonyl (C=O) groups is 1. The number of methoxy groups -OCH3 is 1. The van der Waals surface area contributed by atoms with Crippen molar-refractivity contribution in [2.24, 2.45) is 5.92 Å². The van der Waals surface area contributed by atoms with Crippen LogP contribution in [0.25, 0.3) is 0 Å². The van der Waals surface area contributed by atoms with E-state index in [1.807, 2.05) is 47.4 Å². The number of ether oxygens (including phenoxy) is 2. The quantitative estimate of drug-likeness (QED) is 0.360. The third-order valence-electron chi connectivity index (χ3n) is 6.08. The number of benzene rings is 3. The first-order valence-corrected chi connectivity index (χ1v) is 11.4. The number of anilines is 1. The van der Waals surface area contributed by atoms with Crippen LogP contribution in [0.3, 0.4) is 0 Å². The van der Waals surface area contributed by atoms with E-state index in [4.69, 9.17) is 9.47 Å². The average molecular weight is 430 g/mol. The van der Waals surface area contributed by atoms with Gasteiger partial charge in [0, 0.05) is 5.69 Å². The molecule has 0 aliphatic carbocycles. The second kappa shape index (κ2) is 10.4. The summed E-state index contributed by atoms with van der Waals surface area (Å²) >= 11 is 0. The van der Waals surface area contributed by atoms with Crippen LogP contribution in [0.2, 0.25) is 0 Å². The third-order valence-corrected chi connectivity index (χ3v) is 6.08. The predicted molar refractivity (Wildman–Crippen MR) is 128 cm³/mol. The van der Waals surface area contributed by atoms with E-state index < -0.39 is 0 Å². The van der Waals surface area contributed by atoms with Crippen LogP contribution in [-0.2, 0) is 11.2 Å². The van der Waals surface area contributed by atoms with Crippen LogP contribution >= 0.6 is 0 Å². The van der Waals surface area contributed by atoms with E-state index in [2.05, 4.69) is 43.3 Å². The Morgan fingerprint density at radius 3 is 2.22 bits per heavy atom. The summed E-state index contributed by atoms with van der Waals surface area (Å²) in [6, 6.07) is 26.5. The van der Waals surface area contributed by atoms with Crippen LogP contribution in [0.4, 0.5) is 5.69 Å². The SMILES string of the molecule is CCCOc1ccc([C@@H]2[C@H](CCCc3ccccc3)C(=O)N2c2ccc(OC)cc2)cc1. The van der Waals surface area contributed by atoms with Crippen LogP contribution in [-0.4, -0.2) is 19.6 Å².